The zero-order chi connectivity index (χ0) is 16.1. The Morgan fingerprint density at radius 3 is 2.30 bits per heavy atom. The Hall–Kier alpha value is -1.12. The third-order valence-corrected chi connectivity index (χ3v) is 5.88. The van der Waals surface area contributed by atoms with Crippen LogP contribution in [0, 0.1) is 11.3 Å². The van der Waals surface area contributed by atoms with Crippen molar-refractivity contribution in [2.75, 3.05) is 32.7 Å². The van der Waals surface area contributed by atoms with Crippen LogP contribution >= 0.6 is 0 Å². The van der Waals surface area contributed by atoms with Gasteiger partial charge in [-0.15, -0.1) is 0 Å². The molecule has 2 saturated heterocycles. The SMILES string of the molecule is N#CC1(NC(=O)CN2CCC(N3CCCCC3)CC2)CCCC1. The molecule has 0 atom stereocenters. The summed E-state index contributed by atoms with van der Waals surface area (Å²) < 4.78 is 0. The maximum absolute atomic E-state index is 12.3. The number of amides is 1. The molecule has 2 heterocycles. The summed E-state index contributed by atoms with van der Waals surface area (Å²) in [4.78, 5) is 17.2. The summed E-state index contributed by atoms with van der Waals surface area (Å²) >= 11 is 0. The van der Waals surface area contributed by atoms with Crippen molar-refractivity contribution in [1.82, 2.24) is 15.1 Å². The Bertz CT molecular complexity index is 438. The predicted molar refractivity (Wildman–Crippen MR) is 89.8 cm³/mol. The second-order valence-electron chi connectivity index (χ2n) is 7.55. The molecule has 1 amide bonds. The molecular formula is C18H30N4O. The summed E-state index contributed by atoms with van der Waals surface area (Å²) in [6.45, 7) is 4.99. The zero-order valence-electron chi connectivity index (χ0n) is 14.2. The van der Waals surface area contributed by atoms with E-state index in [-0.39, 0.29) is 5.91 Å². The minimum absolute atomic E-state index is 0.0323. The highest BCUT2D eigenvalue weighted by Gasteiger charge is 2.36. The van der Waals surface area contributed by atoms with Gasteiger partial charge >= 0.3 is 0 Å². The molecule has 5 nitrogen and oxygen atoms in total. The molecule has 1 N–H and O–H groups in total. The fourth-order valence-corrected chi connectivity index (χ4v) is 4.48. The van der Waals surface area contributed by atoms with E-state index in [2.05, 4.69) is 21.2 Å². The first-order valence-corrected chi connectivity index (χ1v) is 9.39. The van der Waals surface area contributed by atoms with Crippen molar-refractivity contribution in [3.05, 3.63) is 0 Å². The van der Waals surface area contributed by atoms with Crippen LogP contribution in [0.4, 0.5) is 0 Å². The molecule has 0 aromatic heterocycles. The van der Waals surface area contributed by atoms with Crippen molar-refractivity contribution < 1.29 is 4.79 Å². The first-order chi connectivity index (χ1) is 11.2. The number of rotatable bonds is 4. The average Bonchev–Trinajstić information content (AvgIpc) is 3.05. The third-order valence-electron chi connectivity index (χ3n) is 5.88. The zero-order valence-corrected chi connectivity index (χ0v) is 14.2. The minimum atomic E-state index is -0.580. The molecule has 1 saturated carbocycles. The minimum Gasteiger partial charge on any atom is -0.337 e. The highest BCUT2D eigenvalue weighted by atomic mass is 16.2. The van der Waals surface area contributed by atoms with Gasteiger partial charge in [0.2, 0.25) is 5.91 Å². The molecule has 128 valence electrons. The Morgan fingerprint density at radius 1 is 1.04 bits per heavy atom. The average molecular weight is 318 g/mol. The number of carbonyl (C=O) groups excluding carboxylic acids is 1. The van der Waals surface area contributed by atoms with E-state index in [4.69, 9.17) is 0 Å². The van der Waals surface area contributed by atoms with Crippen LogP contribution in [0.5, 0.6) is 0 Å². The maximum atomic E-state index is 12.3. The first kappa shape index (κ1) is 16.7. The van der Waals surface area contributed by atoms with E-state index in [0.717, 1.165) is 44.8 Å². The standard InChI is InChI=1S/C18H30N4O/c19-15-18(8-2-3-9-18)20-17(23)14-21-12-6-16(7-13-21)22-10-4-1-5-11-22/h16H,1-14H2,(H,20,23). The van der Waals surface area contributed by atoms with E-state index in [1.165, 1.54) is 45.2 Å². The molecule has 0 aromatic carbocycles. The largest absolute Gasteiger partial charge is 0.337 e. The van der Waals surface area contributed by atoms with Crippen molar-refractivity contribution in [3.63, 3.8) is 0 Å². The maximum Gasteiger partial charge on any atom is 0.235 e. The van der Waals surface area contributed by atoms with Gasteiger partial charge in [-0.05, 0) is 64.5 Å². The number of nitrogens with zero attached hydrogens (tertiary/aromatic N) is 3. The van der Waals surface area contributed by atoms with E-state index < -0.39 is 5.54 Å². The molecule has 0 radical (unpaired) electrons. The molecule has 2 aliphatic heterocycles. The van der Waals surface area contributed by atoms with Crippen molar-refractivity contribution >= 4 is 5.91 Å². The summed E-state index contributed by atoms with van der Waals surface area (Å²) in [6.07, 6.45) is 10.2. The first-order valence-electron chi connectivity index (χ1n) is 9.39. The van der Waals surface area contributed by atoms with E-state index in [0.29, 0.717) is 6.54 Å². The van der Waals surface area contributed by atoms with Crippen LogP contribution in [-0.4, -0.2) is 60.0 Å². The highest BCUT2D eigenvalue weighted by molar-refractivity contribution is 5.79. The highest BCUT2D eigenvalue weighted by Crippen LogP contribution is 2.29. The summed E-state index contributed by atoms with van der Waals surface area (Å²) in [5, 5.41) is 12.4. The Morgan fingerprint density at radius 2 is 1.70 bits per heavy atom. The number of hydrogen-bond donors (Lipinski definition) is 1. The van der Waals surface area contributed by atoms with E-state index in [1.54, 1.807) is 0 Å². The number of carbonyl (C=O) groups is 1. The Kier molecular flexibility index (Phi) is 5.55. The van der Waals surface area contributed by atoms with Gasteiger partial charge in [0.05, 0.1) is 12.6 Å². The van der Waals surface area contributed by atoms with Gasteiger partial charge in [0.1, 0.15) is 5.54 Å². The van der Waals surface area contributed by atoms with Crippen LogP contribution in [-0.2, 0) is 4.79 Å². The number of hydrogen-bond acceptors (Lipinski definition) is 4. The lowest BCUT2D eigenvalue weighted by Gasteiger charge is -2.40. The van der Waals surface area contributed by atoms with Gasteiger partial charge in [-0.1, -0.05) is 6.42 Å². The molecule has 3 aliphatic rings. The van der Waals surface area contributed by atoms with Gasteiger partial charge in [-0.25, -0.2) is 0 Å². The van der Waals surface area contributed by atoms with Crippen molar-refractivity contribution in [2.24, 2.45) is 0 Å². The lowest BCUT2D eigenvalue weighted by atomic mass is 9.99. The van der Waals surface area contributed by atoms with Gasteiger partial charge in [-0.2, -0.15) is 5.26 Å². The summed E-state index contributed by atoms with van der Waals surface area (Å²) in [6, 6.07) is 3.06. The van der Waals surface area contributed by atoms with Crippen LogP contribution in [0.15, 0.2) is 0 Å². The predicted octanol–water partition coefficient (Wildman–Crippen LogP) is 1.89. The van der Waals surface area contributed by atoms with Gasteiger partial charge in [-0.3, -0.25) is 9.69 Å². The second kappa shape index (κ2) is 7.63. The van der Waals surface area contributed by atoms with Crippen molar-refractivity contribution in [3.8, 4) is 6.07 Å². The number of likely N-dealkylation sites (tertiary alicyclic amines) is 2. The molecular weight excluding hydrogens is 288 g/mol. The van der Waals surface area contributed by atoms with E-state index in [9.17, 15) is 10.1 Å². The fraction of sp³-hybridized carbons (Fsp3) is 0.889. The lowest BCUT2D eigenvalue weighted by molar-refractivity contribution is -0.124. The van der Waals surface area contributed by atoms with Crippen LogP contribution in [0.25, 0.3) is 0 Å². The van der Waals surface area contributed by atoms with Crippen molar-refractivity contribution in [1.29, 1.82) is 5.26 Å². The molecule has 0 spiro atoms. The number of piperidine rings is 2. The summed E-state index contributed by atoms with van der Waals surface area (Å²) in [5.74, 6) is 0.0323. The second-order valence-corrected chi connectivity index (χ2v) is 7.55. The molecule has 0 bridgehead atoms. The molecule has 0 aromatic rings. The van der Waals surface area contributed by atoms with E-state index >= 15 is 0 Å². The van der Waals surface area contributed by atoms with Crippen LogP contribution in [0.2, 0.25) is 0 Å². The van der Waals surface area contributed by atoms with Crippen LogP contribution in [0.3, 0.4) is 0 Å². The molecule has 0 unspecified atom stereocenters. The van der Waals surface area contributed by atoms with Gasteiger partial charge in [0.25, 0.3) is 0 Å². The van der Waals surface area contributed by atoms with Gasteiger partial charge < -0.3 is 10.2 Å². The molecule has 3 rings (SSSR count). The normalized spacial score (nSPS) is 26.7. The van der Waals surface area contributed by atoms with Gasteiger partial charge in [0, 0.05) is 19.1 Å². The summed E-state index contributed by atoms with van der Waals surface area (Å²) in [7, 11) is 0. The Balaban J connectivity index is 1.41. The number of nitriles is 1. The lowest BCUT2D eigenvalue weighted by Crippen LogP contribution is -2.52. The summed E-state index contributed by atoms with van der Waals surface area (Å²) in [5.41, 5.74) is -0.580. The monoisotopic (exact) mass is 318 g/mol. The van der Waals surface area contributed by atoms with E-state index in [1.807, 2.05) is 0 Å². The molecule has 23 heavy (non-hydrogen) atoms. The third kappa shape index (κ3) is 4.24. The number of nitrogens with one attached hydrogen (secondary N) is 1. The quantitative estimate of drug-likeness (QED) is 0.860. The molecule has 3 fully saturated rings. The smallest absolute Gasteiger partial charge is 0.235 e. The Labute approximate surface area is 140 Å². The fourth-order valence-electron chi connectivity index (χ4n) is 4.48. The topological polar surface area (TPSA) is 59.4 Å². The molecule has 5 heteroatoms. The molecule has 1 aliphatic carbocycles. The van der Waals surface area contributed by atoms with Crippen LogP contribution < -0.4 is 5.32 Å². The van der Waals surface area contributed by atoms with Crippen LogP contribution in [0.1, 0.15) is 57.8 Å². The van der Waals surface area contributed by atoms with Gasteiger partial charge in [0.15, 0.2) is 0 Å². The van der Waals surface area contributed by atoms with Crippen molar-refractivity contribution in [2.45, 2.75) is 69.4 Å².